The molecule has 1 aliphatic rings. The van der Waals surface area contributed by atoms with Crippen LogP contribution in [-0.4, -0.2) is 55.5 Å². The minimum absolute atomic E-state index is 0.0300. The van der Waals surface area contributed by atoms with E-state index in [1.165, 1.54) is 11.1 Å². The maximum absolute atomic E-state index is 11.9. The molecule has 0 radical (unpaired) electrons. The summed E-state index contributed by atoms with van der Waals surface area (Å²) in [6, 6.07) is 16.5. The fraction of sp³-hybridized carbons (Fsp3) is 0.462. The number of hydrogen-bond donors (Lipinski definition) is 3. The third-order valence-corrected chi connectivity index (χ3v) is 6.08. The first kappa shape index (κ1) is 23.8. The summed E-state index contributed by atoms with van der Waals surface area (Å²) in [5.41, 5.74) is 4.69. The first-order valence-corrected chi connectivity index (χ1v) is 11.6. The van der Waals surface area contributed by atoms with Crippen LogP contribution in [0.25, 0.3) is 0 Å². The average molecular weight is 436 g/mol. The van der Waals surface area contributed by atoms with Gasteiger partial charge in [0.25, 0.3) is 5.91 Å². The Kier molecular flexibility index (Phi) is 8.28. The lowest BCUT2D eigenvalue weighted by atomic mass is 9.94. The Hall–Kier alpha value is -2.86. The van der Waals surface area contributed by atoms with Gasteiger partial charge in [-0.3, -0.25) is 14.7 Å². The van der Waals surface area contributed by atoms with Crippen LogP contribution in [0.1, 0.15) is 47.8 Å². The Morgan fingerprint density at radius 1 is 1.09 bits per heavy atom. The van der Waals surface area contributed by atoms with Gasteiger partial charge in [-0.25, -0.2) is 0 Å². The lowest BCUT2D eigenvalue weighted by Gasteiger charge is -2.40. The highest BCUT2D eigenvalue weighted by Gasteiger charge is 2.29. The predicted molar refractivity (Wildman–Crippen MR) is 132 cm³/mol. The standard InChI is InChI=1S/C26H37N5O/c1-5-28-25(29-15-13-20-9-8-12-22(17-20)24(32)27-4)30-19-26(2,3)31-16-14-21-10-6-7-11-23(21)18-31/h6-12,17H,5,13-16,18-19H2,1-4H3,(H,27,32)(H2,28,29,30). The molecule has 0 bridgehead atoms. The number of nitrogens with zero attached hydrogens (tertiary/aromatic N) is 2. The maximum Gasteiger partial charge on any atom is 0.251 e. The van der Waals surface area contributed by atoms with Crippen LogP contribution in [0, 0.1) is 0 Å². The molecule has 3 rings (SSSR count). The van der Waals surface area contributed by atoms with Gasteiger partial charge in [0.05, 0.1) is 6.54 Å². The lowest BCUT2D eigenvalue weighted by molar-refractivity contribution is 0.0963. The summed E-state index contributed by atoms with van der Waals surface area (Å²) in [7, 11) is 1.65. The number of nitrogens with one attached hydrogen (secondary N) is 3. The third-order valence-electron chi connectivity index (χ3n) is 6.08. The molecule has 0 aliphatic carbocycles. The van der Waals surface area contributed by atoms with E-state index in [1.807, 2.05) is 18.2 Å². The van der Waals surface area contributed by atoms with Gasteiger partial charge in [-0.05, 0) is 62.4 Å². The number of carbonyl (C=O) groups excluding carboxylic acids is 1. The quantitative estimate of drug-likeness (QED) is 0.440. The molecule has 2 aromatic rings. The zero-order valence-corrected chi connectivity index (χ0v) is 19.9. The van der Waals surface area contributed by atoms with Crippen LogP contribution >= 0.6 is 0 Å². The number of benzene rings is 2. The van der Waals surface area contributed by atoms with E-state index in [0.717, 1.165) is 57.1 Å². The summed E-state index contributed by atoms with van der Waals surface area (Å²) < 4.78 is 0. The fourth-order valence-electron chi connectivity index (χ4n) is 4.06. The SMILES string of the molecule is CCNC(=NCC(C)(C)N1CCc2ccccc2C1)NCCc1cccc(C(=O)NC)c1. The number of carbonyl (C=O) groups is 1. The van der Waals surface area contributed by atoms with Crippen molar-refractivity contribution < 1.29 is 4.79 Å². The molecule has 0 saturated carbocycles. The second-order valence-corrected chi connectivity index (χ2v) is 8.90. The Morgan fingerprint density at radius 2 is 1.88 bits per heavy atom. The Bertz CT molecular complexity index is 937. The number of fused-ring (bicyclic) bond motifs is 1. The molecule has 0 unspecified atom stereocenters. The first-order valence-electron chi connectivity index (χ1n) is 11.6. The maximum atomic E-state index is 11.9. The molecule has 6 nitrogen and oxygen atoms in total. The number of aliphatic imine (C=N–C) groups is 1. The second-order valence-electron chi connectivity index (χ2n) is 8.90. The molecule has 0 aromatic heterocycles. The van der Waals surface area contributed by atoms with Crippen LogP contribution in [0.4, 0.5) is 0 Å². The minimum atomic E-state index is -0.0581. The number of guanidine groups is 1. The summed E-state index contributed by atoms with van der Waals surface area (Å²) >= 11 is 0. The van der Waals surface area contributed by atoms with E-state index < -0.39 is 0 Å². The normalized spacial score (nSPS) is 14.6. The molecule has 1 heterocycles. The van der Waals surface area contributed by atoms with Gasteiger partial charge in [0.1, 0.15) is 0 Å². The second kappa shape index (κ2) is 11.1. The van der Waals surface area contributed by atoms with Crippen LogP contribution in [0.3, 0.4) is 0 Å². The van der Waals surface area contributed by atoms with E-state index in [1.54, 1.807) is 7.05 Å². The van der Waals surface area contributed by atoms with Crippen molar-refractivity contribution in [1.29, 1.82) is 0 Å². The van der Waals surface area contributed by atoms with Gasteiger partial charge in [0.15, 0.2) is 5.96 Å². The molecule has 1 amide bonds. The predicted octanol–water partition coefficient (Wildman–Crippen LogP) is 2.98. The minimum Gasteiger partial charge on any atom is -0.357 e. The summed E-state index contributed by atoms with van der Waals surface area (Å²) in [4.78, 5) is 19.3. The molecule has 0 spiro atoms. The lowest BCUT2D eigenvalue weighted by Crippen LogP contribution is -2.49. The van der Waals surface area contributed by atoms with Gasteiger partial charge < -0.3 is 16.0 Å². The van der Waals surface area contributed by atoms with Crippen molar-refractivity contribution in [2.24, 2.45) is 4.99 Å². The Balaban J connectivity index is 1.57. The average Bonchev–Trinajstić information content (AvgIpc) is 2.82. The van der Waals surface area contributed by atoms with E-state index >= 15 is 0 Å². The molecule has 1 aliphatic heterocycles. The zero-order chi connectivity index (χ0) is 23.0. The summed E-state index contributed by atoms with van der Waals surface area (Å²) in [6.07, 6.45) is 1.91. The third kappa shape index (κ3) is 6.33. The van der Waals surface area contributed by atoms with Crippen molar-refractivity contribution in [3.8, 4) is 0 Å². The van der Waals surface area contributed by atoms with Crippen LogP contribution in [-0.2, 0) is 19.4 Å². The molecule has 0 saturated heterocycles. The fourth-order valence-corrected chi connectivity index (χ4v) is 4.06. The molecular weight excluding hydrogens is 398 g/mol. The molecule has 3 N–H and O–H groups in total. The van der Waals surface area contributed by atoms with Crippen molar-refractivity contribution >= 4 is 11.9 Å². The molecule has 0 fully saturated rings. The smallest absolute Gasteiger partial charge is 0.251 e. The molecule has 172 valence electrons. The van der Waals surface area contributed by atoms with Crippen molar-refractivity contribution in [3.63, 3.8) is 0 Å². The summed E-state index contributed by atoms with van der Waals surface area (Å²) in [6.45, 7) is 11.0. The molecule has 2 aromatic carbocycles. The largest absolute Gasteiger partial charge is 0.357 e. The summed E-state index contributed by atoms with van der Waals surface area (Å²) in [5.74, 6) is 0.776. The highest BCUT2D eigenvalue weighted by atomic mass is 16.1. The molecular formula is C26H37N5O. The van der Waals surface area contributed by atoms with Crippen molar-refractivity contribution in [2.45, 2.75) is 45.7 Å². The van der Waals surface area contributed by atoms with E-state index in [4.69, 9.17) is 4.99 Å². The molecule has 6 heteroatoms. The highest BCUT2D eigenvalue weighted by Crippen LogP contribution is 2.25. The van der Waals surface area contributed by atoms with Crippen molar-refractivity contribution in [2.75, 3.05) is 33.2 Å². The van der Waals surface area contributed by atoms with Gasteiger partial charge in [-0.2, -0.15) is 0 Å². The van der Waals surface area contributed by atoms with Gasteiger partial charge in [-0.15, -0.1) is 0 Å². The van der Waals surface area contributed by atoms with Crippen LogP contribution in [0.15, 0.2) is 53.5 Å². The van der Waals surface area contributed by atoms with E-state index in [0.29, 0.717) is 5.56 Å². The Morgan fingerprint density at radius 3 is 2.62 bits per heavy atom. The zero-order valence-electron chi connectivity index (χ0n) is 19.9. The number of rotatable bonds is 8. The first-order chi connectivity index (χ1) is 15.4. The van der Waals surface area contributed by atoms with Gasteiger partial charge >= 0.3 is 0 Å². The number of hydrogen-bond acceptors (Lipinski definition) is 3. The van der Waals surface area contributed by atoms with Crippen LogP contribution in [0.2, 0.25) is 0 Å². The monoisotopic (exact) mass is 435 g/mol. The van der Waals surface area contributed by atoms with Gasteiger partial charge in [-0.1, -0.05) is 36.4 Å². The topological polar surface area (TPSA) is 68.8 Å². The van der Waals surface area contributed by atoms with Crippen LogP contribution < -0.4 is 16.0 Å². The van der Waals surface area contributed by atoms with Crippen molar-refractivity contribution in [1.82, 2.24) is 20.9 Å². The summed E-state index contributed by atoms with van der Waals surface area (Å²) in [5, 5.41) is 9.47. The highest BCUT2D eigenvalue weighted by molar-refractivity contribution is 5.94. The van der Waals surface area contributed by atoms with E-state index in [2.05, 4.69) is 72.0 Å². The van der Waals surface area contributed by atoms with Crippen LogP contribution in [0.5, 0.6) is 0 Å². The Labute approximate surface area is 192 Å². The molecule has 32 heavy (non-hydrogen) atoms. The van der Waals surface area contributed by atoms with E-state index in [-0.39, 0.29) is 11.4 Å². The van der Waals surface area contributed by atoms with E-state index in [9.17, 15) is 4.79 Å². The van der Waals surface area contributed by atoms with Gasteiger partial charge in [0.2, 0.25) is 0 Å². The van der Waals surface area contributed by atoms with Gasteiger partial charge in [0, 0.05) is 44.3 Å². The van der Waals surface area contributed by atoms with Crippen molar-refractivity contribution in [3.05, 3.63) is 70.8 Å². The number of amides is 1. The molecule has 0 atom stereocenters.